The molecule has 188 valence electrons. The lowest BCUT2D eigenvalue weighted by Gasteiger charge is -2.24. The highest BCUT2D eigenvalue weighted by Gasteiger charge is 2.32. The van der Waals surface area contributed by atoms with Gasteiger partial charge in [-0.15, -0.1) is 11.3 Å². The van der Waals surface area contributed by atoms with E-state index in [1.54, 1.807) is 20.8 Å². The lowest BCUT2D eigenvalue weighted by atomic mass is 9.91. The van der Waals surface area contributed by atoms with Crippen molar-refractivity contribution in [3.63, 3.8) is 0 Å². The summed E-state index contributed by atoms with van der Waals surface area (Å²) in [5.74, 6) is 0.331. The number of aryl methyl sites for hydroxylation is 1. The maximum absolute atomic E-state index is 13.2. The van der Waals surface area contributed by atoms with Gasteiger partial charge in [-0.3, -0.25) is 10.1 Å². The molecule has 3 amide bonds. The van der Waals surface area contributed by atoms with Crippen molar-refractivity contribution in [2.24, 2.45) is 5.92 Å². The van der Waals surface area contributed by atoms with Gasteiger partial charge >= 0.3 is 12.2 Å². The molecule has 1 atom stereocenters. The van der Waals surface area contributed by atoms with E-state index >= 15 is 0 Å². The Kier molecular flexibility index (Phi) is 7.64. The third-order valence-electron chi connectivity index (χ3n) is 5.89. The van der Waals surface area contributed by atoms with Crippen molar-refractivity contribution in [1.82, 2.24) is 10.6 Å². The van der Waals surface area contributed by atoms with Gasteiger partial charge in [0.05, 0.1) is 5.56 Å². The number of thiophene rings is 1. The van der Waals surface area contributed by atoms with Crippen molar-refractivity contribution in [3.05, 3.63) is 51.9 Å². The van der Waals surface area contributed by atoms with Crippen LogP contribution in [0.2, 0.25) is 0 Å². The molecule has 1 aromatic heterocycles. The Hall–Kier alpha value is -3.07. The van der Waals surface area contributed by atoms with Gasteiger partial charge in [0.1, 0.15) is 17.2 Å². The third-order valence-corrected chi connectivity index (χ3v) is 7.09. The van der Waals surface area contributed by atoms with E-state index < -0.39 is 17.8 Å². The zero-order chi connectivity index (χ0) is 25.0. The number of anilines is 1. The van der Waals surface area contributed by atoms with Crippen LogP contribution in [0, 0.1) is 5.92 Å². The molecule has 2 aliphatic rings. The lowest BCUT2D eigenvalue weighted by Crippen LogP contribution is -2.39. The fraction of sp³-hybridized carbons (Fsp3) is 0.500. The second kappa shape index (κ2) is 10.7. The molecule has 8 nitrogen and oxygen atoms in total. The Bertz CT molecular complexity index is 1070. The van der Waals surface area contributed by atoms with Crippen LogP contribution in [0.25, 0.3) is 0 Å². The molecular weight excluding hydrogens is 466 g/mol. The molecule has 0 aliphatic heterocycles. The molecule has 1 heterocycles. The van der Waals surface area contributed by atoms with Crippen LogP contribution in [0.3, 0.4) is 0 Å². The van der Waals surface area contributed by atoms with Crippen LogP contribution in [0.15, 0.2) is 30.3 Å². The number of benzene rings is 1. The molecule has 0 bridgehead atoms. The van der Waals surface area contributed by atoms with Gasteiger partial charge in [0.25, 0.3) is 5.91 Å². The zero-order valence-corrected chi connectivity index (χ0v) is 21.3. The summed E-state index contributed by atoms with van der Waals surface area (Å²) in [6, 6.07) is 9.34. The van der Waals surface area contributed by atoms with Crippen LogP contribution in [0.5, 0.6) is 0 Å². The van der Waals surface area contributed by atoms with Crippen molar-refractivity contribution in [3.8, 4) is 0 Å². The molecule has 2 aromatic rings. The van der Waals surface area contributed by atoms with Crippen molar-refractivity contribution in [1.29, 1.82) is 0 Å². The number of nitrogens with one attached hydrogen (secondary N) is 3. The second-order valence-electron chi connectivity index (χ2n) is 10.1. The summed E-state index contributed by atoms with van der Waals surface area (Å²) >= 11 is 1.41. The van der Waals surface area contributed by atoms with Gasteiger partial charge < -0.3 is 20.1 Å². The molecule has 4 rings (SSSR count). The van der Waals surface area contributed by atoms with Crippen molar-refractivity contribution < 1.29 is 23.9 Å². The molecule has 1 fully saturated rings. The van der Waals surface area contributed by atoms with Gasteiger partial charge in [0, 0.05) is 17.5 Å². The Balaban J connectivity index is 1.45. The van der Waals surface area contributed by atoms with Crippen LogP contribution < -0.4 is 16.0 Å². The molecule has 35 heavy (non-hydrogen) atoms. The molecular formula is C26H33N3O5S. The Morgan fingerprint density at radius 2 is 1.80 bits per heavy atom. The van der Waals surface area contributed by atoms with E-state index in [4.69, 9.17) is 9.47 Å². The number of carbonyl (C=O) groups is 3. The highest BCUT2D eigenvalue weighted by molar-refractivity contribution is 7.17. The van der Waals surface area contributed by atoms with Gasteiger partial charge in [-0.25, -0.2) is 9.59 Å². The van der Waals surface area contributed by atoms with Gasteiger partial charge in [0.15, 0.2) is 0 Å². The summed E-state index contributed by atoms with van der Waals surface area (Å²) in [4.78, 5) is 39.1. The first-order valence-corrected chi connectivity index (χ1v) is 12.9. The summed E-state index contributed by atoms with van der Waals surface area (Å²) in [5.41, 5.74) is 1.61. The summed E-state index contributed by atoms with van der Waals surface area (Å²) in [7, 11) is 0. The van der Waals surface area contributed by atoms with Gasteiger partial charge in [-0.1, -0.05) is 30.3 Å². The van der Waals surface area contributed by atoms with Crippen LogP contribution in [0.1, 0.15) is 66.4 Å². The average molecular weight is 500 g/mol. The smallest absolute Gasteiger partial charge is 0.412 e. The van der Waals surface area contributed by atoms with E-state index in [0.717, 1.165) is 35.3 Å². The highest BCUT2D eigenvalue weighted by Crippen LogP contribution is 2.39. The standard InChI is InChI=1S/C26H33N3O5S/c1-26(2,3)34-25(32)29-23-21(22(30)27-14-16-9-10-16)19-13-18(11-12-20(19)35-23)28-24(31)33-15-17-7-5-4-6-8-17/h4-8,16,18H,9-15H2,1-3H3,(H,27,30)(H,28,31)(H,29,32)/t18-/m0/s1. The SMILES string of the molecule is CC(C)(C)OC(=O)Nc1sc2c(c1C(=O)NCC1CC1)C[C@@H](NC(=O)OCc1ccccc1)CC2. The van der Waals surface area contributed by atoms with Crippen molar-refractivity contribution in [2.75, 3.05) is 11.9 Å². The number of carbonyl (C=O) groups excluding carboxylic acids is 3. The molecule has 0 unspecified atom stereocenters. The van der Waals surface area contributed by atoms with Crippen LogP contribution in [-0.4, -0.2) is 36.3 Å². The molecule has 1 aromatic carbocycles. The molecule has 0 radical (unpaired) electrons. The van der Waals surface area contributed by atoms with Crippen molar-refractivity contribution in [2.45, 2.75) is 71.1 Å². The second-order valence-corrected chi connectivity index (χ2v) is 11.2. The molecule has 3 N–H and O–H groups in total. The molecule has 2 aliphatic carbocycles. The number of rotatable bonds is 7. The van der Waals surface area contributed by atoms with Crippen molar-refractivity contribution >= 4 is 34.4 Å². The van der Waals surface area contributed by atoms with E-state index in [1.807, 2.05) is 30.3 Å². The molecule has 9 heteroatoms. The maximum Gasteiger partial charge on any atom is 0.412 e. The largest absolute Gasteiger partial charge is 0.445 e. The number of fused-ring (bicyclic) bond motifs is 1. The Labute approximate surface area is 209 Å². The predicted octanol–water partition coefficient (Wildman–Crippen LogP) is 5.02. The van der Waals surface area contributed by atoms with E-state index in [1.165, 1.54) is 11.3 Å². The normalized spacial score (nSPS) is 17.2. The van der Waals surface area contributed by atoms with E-state index in [9.17, 15) is 14.4 Å². The first-order chi connectivity index (χ1) is 16.7. The monoisotopic (exact) mass is 499 g/mol. The van der Waals surface area contributed by atoms with Crippen LogP contribution in [0.4, 0.5) is 14.6 Å². The minimum absolute atomic E-state index is 0.162. The van der Waals surface area contributed by atoms with Gasteiger partial charge in [-0.05, 0) is 69.9 Å². The molecule has 1 saturated carbocycles. The number of alkyl carbamates (subject to hydrolysis) is 1. The number of amides is 3. The van der Waals surface area contributed by atoms with Crippen LogP contribution in [-0.2, 0) is 28.9 Å². The minimum atomic E-state index is -0.648. The maximum atomic E-state index is 13.2. The number of hydrogen-bond acceptors (Lipinski definition) is 6. The van der Waals surface area contributed by atoms with E-state index in [-0.39, 0.29) is 18.6 Å². The Morgan fingerprint density at radius 1 is 1.06 bits per heavy atom. The van der Waals surface area contributed by atoms with Gasteiger partial charge in [-0.2, -0.15) is 0 Å². The summed E-state index contributed by atoms with van der Waals surface area (Å²) in [6.07, 6.45) is 3.10. The predicted molar refractivity (Wildman–Crippen MR) is 135 cm³/mol. The van der Waals surface area contributed by atoms with E-state index in [0.29, 0.717) is 35.9 Å². The number of hydrogen-bond donors (Lipinski definition) is 3. The summed E-state index contributed by atoms with van der Waals surface area (Å²) < 4.78 is 10.8. The lowest BCUT2D eigenvalue weighted by molar-refractivity contribution is 0.0636. The average Bonchev–Trinajstić information content (AvgIpc) is 3.56. The number of ether oxygens (including phenoxy) is 2. The van der Waals surface area contributed by atoms with Gasteiger partial charge in [0.2, 0.25) is 0 Å². The molecule has 0 spiro atoms. The minimum Gasteiger partial charge on any atom is -0.445 e. The van der Waals surface area contributed by atoms with E-state index in [2.05, 4.69) is 16.0 Å². The third kappa shape index (κ3) is 7.21. The Morgan fingerprint density at radius 3 is 2.49 bits per heavy atom. The first-order valence-electron chi connectivity index (χ1n) is 12.1. The first kappa shape index (κ1) is 25.0. The zero-order valence-electron chi connectivity index (χ0n) is 20.4. The van der Waals surface area contributed by atoms with Crippen LogP contribution >= 0.6 is 11.3 Å². The highest BCUT2D eigenvalue weighted by atomic mass is 32.1. The summed E-state index contributed by atoms with van der Waals surface area (Å²) in [5, 5.41) is 9.23. The topological polar surface area (TPSA) is 106 Å². The summed E-state index contributed by atoms with van der Waals surface area (Å²) in [6.45, 7) is 6.21. The molecule has 0 saturated heterocycles. The fourth-order valence-corrected chi connectivity index (χ4v) is 5.24. The quantitative estimate of drug-likeness (QED) is 0.496. The fourth-order valence-electron chi connectivity index (χ4n) is 4.01.